The number of para-hydroxylation sites is 1. The second-order valence-corrected chi connectivity index (χ2v) is 9.49. The number of fused-ring (bicyclic) bond motifs is 1. The van der Waals surface area contributed by atoms with Crippen LogP contribution in [0.5, 0.6) is 0 Å². The van der Waals surface area contributed by atoms with Crippen molar-refractivity contribution >= 4 is 10.9 Å². The Bertz CT molecular complexity index is 1570. The van der Waals surface area contributed by atoms with E-state index in [9.17, 15) is 9.18 Å². The highest BCUT2D eigenvalue weighted by Crippen LogP contribution is 2.17. The Balaban J connectivity index is 1.41. The summed E-state index contributed by atoms with van der Waals surface area (Å²) >= 11 is 0. The van der Waals surface area contributed by atoms with E-state index in [4.69, 9.17) is 0 Å². The maximum Gasteiger partial charge on any atom is 0.252 e. The molecule has 0 unspecified atom stereocenters. The minimum Gasteiger partial charge on any atom is -0.321 e. The van der Waals surface area contributed by atoms with Crippen molar-refractivity contribution in [3.8, 4) is 0 Å². The number of nitrogens with one attached hydrogen (secondary N) is 1. The van der Waals surface area contributed by atoms with Gasteiger partial charge in [-0.1, -0.05) is 60.2 Å². The van der Waals surface area contributed by atoms with E-state index in [1.54, 1.807) is 16.8 Å². The number of aryl methyl sites for hydroxylation is 2. The van der Waals surface area contributed by atoms with Gasteiger partial charge in [-0.2, -0.15) is 0 Å². The molecule has 37 heavy (non-hydrogen) atoms. The lowest BCUT2D eigenvalue weighted by Gasteiger charge is -2.22. The van der Waals surface area contributed by atoms with Crippen molar-refractivity contribution in [2.45, 2.75) is 39.9 Å². The van der Waals surface area contributed by atoms with Gasteiger partial charge >= 0.3 is 0 Å². The molecule has 0 aliphatic heterocycles. The molecule has 8 heteroatoms. The zero-order chi connectivity index (χ0) is 25.8. The standard InChI is InChI=1S/C29H29FN6O/c1-20-5-3-7-22(15-20)13-14-35(18-25-16-24-8-4-6-21(2)28(24)31-29(25)37)19-27-32-33-34-36(27)17-23-9-11-26(30)12-10-23/h3-12,15-16H,13-14,17-19H2,1-2H3,(H,31,37). The van der Waals surface area contributed by atoms with E-state index >= 15 is 0 Å². The van der Waals surface area contributed by atoms with Crippen molar-refractivity contribution in [2.75, 3.05) is 6.54 Å². The van der Waals surface area contributed by atoms with E-state index in [1.807, 2.05) is 31.2 Å². The van der Waals surface area contributed by atoms with Gasteiger partial charge < -0.3 is 4.98 Å². The maximum absolute atomic E-state index is 13.3. The molecular formula is C29H29FN6O. The number of tetrazole rings is 1. The number of H-pyrrole nitrogens is 1. The first-order valence-corrected chi connectivity index (χ1v) is 12.3. The van der Waals surface area contributed by atoms with E-state index in [0.29, 0.717) is 31.0 Å². The van der Waals surface area contributed by atoms with Crippen molar-refractivity contribution in [3.05, 3.63) is 123 Å². The van der Waals surface area contributed by atoms with E-state index in [0.717, 1.165) is 35.0 Å². The van der Waals surface area contributed by atoms with Crippen molar-refractivity contribution in [3.63, 3.8) is 0 Å². The fourth-order valence-electron chi connectivity index (χ4n) is 4.58. The smallest absolute Gasteiger partial charge is 0.252 e. The Morgan fingerprint density at radius 3 is 2.57 bits per heavy atom. The number of nitrogens with zero attached hydrogens (tertiary/aromatic N) is 5. The summed E-state index contributed by atoms with van der Waals surface area (Å²) in [7, 11) is 0. The second-order valence-electron chi connectivity index (χ2n) is 9.49. The van der Waals surface area contributed by atoms with Crippen molar-refractivity contribution in [1.29, 1.82) is 0 Å². The Morgan fingerprint density at radius 1 is 0.946 bits per heavy atom. The van der Waals surface area contributed by atoms with Gasteiger partial charge in [0.1, 0.15) is 5.82 Å². The molecule has 2 aromatic heterocycles. The SMILES string of the molecule is Cc1cccc(CCN(Cc2cc3cccc(C)c3[nH]c2=O)Cc2nnnn2Cc2ccc(F)cc2)c1. The van der Waals surface area contributed by atoms with E-state index in [2.05, 4.69) is 56.6 Å². The van der Waals surface area contributed by atoms with Crippen LogP contribution in [0.4, 0.5) is 4.39 Å². The number of rotatable bonds is 9. The third kappa shape index (κ3) is 5.98. The number of halogens is 1. The summed E-state index contributed by atoms with van der Waals surface area (Å²) in [6.45, 7) is 6.15. The van der Waals surface area contributed by atoms with Crippen LogP contribution >= 0.6 is 0 Å². The summed E-state index contributed by atoms with van der Waals surface area (Å²) in [5, 5.41) is 13.3. The zero-order valence-electron chi connectivity index (χ0n) is 21.0. The molecule has 0 fully saturated rings. The highest BCUT2D eigenvalue weighted by molar-refractivity contribution is 5.81. The van der Waals surface area contributed by atoms with Crippen LogP contribution in [0.2, 0.25) is 0 Å². The largest absolute Gasteiger partial charge is 0.321 e. The number of benzene rings is 3. The molecule has 1 N–H and O–H groups in total. The molecule has 3 aromatic carbocycles. The molecule has 0 saturated carbocycles. The minimum absolute atomic E-state index is 0.0896. The van der Waals surface area contributed by atoms with Gasteiger partial charge in [0.25, 0.3) is 5.56 Å². The highest BCUT2D eigenvalue weighted by Gasteiger charge is 2.16. The van der Waals surface area contributed by atoms with Crippen LogP contribution in [0, 0.1) is 19.7 Å². The number of aromatic nitrogens is 5. The number of hydrogen-bond donors (Lipinski definition) is 1. The lowest BCUT2D eigenvalue weighted by molar-refractivity contribution is 0.248. The first-order chi connectivity index (χ1) is 17.9. The van der Waals surface area contributed by atoms with Gasteiger partial charge in [-0.3, -0.25) is 9.69 Å². The fraction of sp³-hybridized carbons (Fsp3) is 0.241. The molecule has 5 aromatic rings. The summed E-state index contributed by atoms with van der Waals surface area (Å²) in [6.07, 6.45) is 0.825. The predicted octanol–water partition coefficient (Wildman–Crippen LogP) is 4.56. The van der Waals surface area contributed by atoms with Crippen LogP contribution in [0.3, 0.4) is 0 Å². The van der Waals surface area contributed by atoms with E-state index < -0.39 is 0 Å². The molecule has 0 aliphatic rings. The predicted molar refractivity (Wildman–Crippen MR) is 142 cm³/mol. The first kappa shape index (κ1) is 24.5. The van der Waals surface area contributed by atoms with E-state index in [-0.39, 0.29) is 11.4 Å². The lowest BCUT2D eigenvalue weighted by atomic mass is 10.1. The highest BCUT2D eigenvalue weighted by atomic mass is 19.1. The molecular weight excluding hydrogens is 467 g/mol. The minimum atomic E-state index is -0.279. The van der Waals surface area contributed by atoms with Crippen LogP contribution in [-0.4, -0.2) is 36.6 Å². The van der Waals surface area contributed by atoms with Crippen LogP contribution < -0.4 is 5.56 Å². The topological polar surface area (TPSA) is 79.7 Å². The van der Waals surface area contributed by atoms with Gasteiger partial charge in [0.05, 0.1) is 18.6 Å². The third-order valence-electron chi connectivity index (χ3n) is 6.57. The van der Waals surface area contributed by atoms with Crippen LogP contribution in [0.25, 0.3) is 10.9 Å². The van der Waals surface area contributed by atoms with Crippen molar-refractivity contribution in [2.24, 2.45) is 0 Å². The van der Waals surface area contributed by atoms with Crippen LogP contribution in [-0.2, 0) is 26.1 Å². The van der Waals surface area contributed by atoms with Gasteiger partial charge in [0.2, 0.25) is 0 Å². The molecule has 0 spiro atoms. The summed E-state index contributed by atoms with van der Waals surface area (Å²) < 4.78 is 15.1. The van der Waals surface area contributed by atoms with Crippen LogP contribution in [0.1, 0.15) is 33.6 Å². The Hall–Kier alpha value is -4.17. The van der Waals surface area contributed by atoms with Crippen molar-refractivity contribution in [1.82, 2.24) is 30.1 Å². The van der Waals surface area contributed by atoms with Gasteiger partial charge in [-0.25, -0.2) is 9.07 Å². The quantitative estimate of drug-likeness (QED) is 0.324. The lowest BCUT2D eigenvalue weighted by Crippen LogP contribution is -2.30. The fourth-order valence-corrected chi connectivity index (χ4v) is 4.58. The molecule has 0 atom stereocenters. The molecule has 0 saturated heterocycles. The second kappa shape index (κ2) is 10.8. The van der Waals surface area contributed by atoms with Gasteiger partial charge in [-0.15, -0.1) is 5.10 Å². The zero-order valence-corrected chi connectivity index (χ0v) is 21.0. The van der Waals surface area contributed by atoms with Gasteiger partial charge in [0.15, 0.2) is 5.82 Å². The Kier molecular flexibility index (Phi) is 7.18. The number of aromatic amines is 1. The number of pyridine rings is 1. The van der Waals surface area contributed by atoms with Gasteiger partial charge in [0, 0.05) is 18.7 Å². The third-order valence-corrected chi connectivity index (χ3v) is 6.57. The number of hydrogen-bond acceptors (Lipinski definition) is 5. The molecule has 188 valence electrons. The molecule has 0 bridgehead atoms. The first-order valence-electron chi connectivity index (χ1n) is 12.3. The molecule has 0 aliphatic carbocycles. The maximum atomic E-state index is 13.3. The van der Waals surface area contributed by atoms with Gasteiger partial charge in [-0.05, 0) is 71.0 Å². The molecule has 2 heterocycles. The molecule has 0 radical (unpaired) electrons. The summed E-state index contributed by atoms with van der Waals surface area (Å²) in [6, 6.07) is 22.8. The normalized spacial score (nSPS) is 11.5. The summed E-state index contributed by atoms with van der Waals surface area (Å²) in [5.41, 5.74) is 5.87. The van der Waals surface area contributed by atoms with E-state index in [1.165, 1.54) is 23.3 Å². The summed E-state index contributed by atoms with van der Waals surface area (Å²) in [5.74, 6) is 0.403. The molecule has 5 rings (SSSR count). The molecule has 7 nitrogen and oxygen atoms in total. The molecule has 0 amide bonds. The van der Waals surface area contributed by atoms with Crippen molar-refractivity contribution < 1.29 is 4.39 Å². The Morgan fingerprint density at radius 2 is 1.76 bits per heavy atom. The average molecular weight is 497 g/mol. The summed E-state index contributed by atoms with van der Waals surface area (Å²) in [4.78, 5) is 18.3. The van der Waals surface area contributed by atoms with Crippen LogP contribution in [0.15, 0.2) is 77.6 Å². The Labute approximate surface area is 214 Å². The monoisotopic (exact) mass is 496 g/mol. The average Bonchev–Trinajstić information content (AvgIpc) is 3.31.